The molecular weight excluding hydrogens is 286 g/mol. The third kappa shape index (κ3) is 3.70. The quantitative estimate of drug-likeness (QED) is 0.762. The van der Waals surface area contributed by atoms with Gasteiger partial charge in [0.1, 0.15) is 5.76 Å². The van der Waals surface area contributed by atoms with Gasteiger partial charge in [-0.05, 0) is 54.6 Å². The zero-order valence-corrected chi connectivity index (χ0v) is 11.8. The third-order valence-electron chi connectivity index (χ3n) is 2.74. The van der Waals surface area contributed by atoms with Gasteiger partial charge >= 0.3 is 0 Å². The zero-order chi connectivity index (χ0) is 14.5. The van der Waals surface area contributed by atoms with Gasteiger partial charge in [-0.15, -0.1) is 0 Å². The number of furan rings is 1. The Balaban J connectivity index is 1.75. The number of aromatic nitrogens is 2. The predicted octanol–water partition coefficient (Wildman–Crippen LogP) is 4.64. The number of hydrogen-bond acceptors (Lipinski definition) is 4. The first kappa shape index (κ1) is 13.4. The van der Waals surface area contributed by atoms with Gasteiger partial charge in [0.25, 0.3) is 0 Å². The maximum absolute atomic E-state index is 5.85. The molecule has 5 heteroatoms. The van der Waals surface area contributed by atoms with E-state index in [1.165, 1.54) is 0 Å². The van der Waals surface area contributed by atoms with Crippen molar-refractivity contribution in [3.63, 3.8) is 0 Å². The summed E-state index contributed by atoms with van der Waals surface area (Å²) in [6.45, 7) is 0. The molecule has 21 heavy (non-hydrogen) atoms. The van der Waals surface area contributed by atoms with Crippen LogP contribution in [0.15, 0.2) is 59.3 Å². The number of halogens is 1. The first-order chi connectivity index (χ1) is 10.3. The molecule has 3 aromatic rings. The number of hydrogen-bond donors (Lipinski definition) is 1. The summed E-state index contributed by atoms with van der Waals surface area (Å²) in [5.41, 5.74) is 1.67. The van der Waals surface area contributed by atoms with Crippen LogP contribution in [0.2, 0.25) is 5.02 Å². The van der Waals surface area contributed by atoms with Crippen LogP contribution in [0.1, 0.15) is 11.5 Å². The van der Waals surface area contributed by atoms with Gasteiger partial charge in [0, 0.05) is 16.9 Å². The van der Waals surface area contributed by atoms with Crippen LogP contribution in [-0.2, 0) is 0 Å². The normalized spacial score (nSPS) is 10.9. The molecule has 2 aromatic heterocycles. The molecule has 0 radical (unpaired) electrons. The molecule has 0 saturated carbocycles. The van der Waals surface area contributed by atoms with E-state index in [2.05, 4.69) is 15.3 Å². The summed E-state index contributed by atoms with van der Waals surface area (Å²) >= 11 is 5.85. The first-order valence-corrected chi connectivity index (χ1v) is 6.75. The number of benzene rings is 1. The molecule has 0 bridgehead atoms. The molecule has 1 N–H and O–H groups in total. The molecule has 4 nitrogen and oxygen atoms in total. The molecule has 2 heterocycles. The maximum atomic E-state index is 5.85. The predicted molar refractivity (Wildman–Crippen MR) is 84.4 cm³/mol. The zero-order valence-electron chi connectivity index (χ0n) is 11.0. The van der Waals surface area contributed by atoms with Crippen molar-refractivity contribution in [2.24, 2.45) is 0 Å². The van der Waals surface area contributed by atoms with Gasteiger partial charge in [0.05, 0.1) is 12.0 Å². The number of rotatable bonds is 4. The van der Waals surface area contributed by atoms with Crippen LogP contribution in [0.3, 0.4) is 0 Å². The van der Waals surface area contributed by atoms with Crippen molar-refractivity contribution in [3.8, 4) is 0 Å². The largest absolute Gasteiger partial charge is 0.465 e. The van der Waals surface area contributed by atoms with Crippen LogP contribution in [0.4, 0.5) is 11.6 Å². The molecule has 104 valence electrons. The van der Waals surface area contributed by atoms with Gasteiger partial charge in [-0.25, -0.2) is 9.97 Å². The Morgan fingerprint density at radius 1 is 1.05 bits per heavy atom. The van der Waals surface area contributed by atoms with Crippen LogP contribution >= 0.6 is 11.6 Å². The number of nitrogens with zero attached hydrogens (tertiary/aromatic N) is 2. The highest BCUT2D eigenvalue weighted by Gasteiger charge is 1.99. The van der Waals surface area contributed by atoms with Crippen molar-refractivity contribution >= 4 is 35.4 Å². The maximum Gasteiger partial charge on any atom is 0.227 e. The Kier molecular flexibility index (Phi) is 3.98. The lowest BCUT2D eigenvalue weighted by atomic mass is 10.3. The SMILES string of the molecule is Clc1ccc(Nc2nccc(/C=C/c3ccco3)n2)cc1. The first-order valence-electron chi connectivity index (χ1n) is 6.37. The molecule has 3 rings (SSSR count). The van der Waals surface area contributed by atoms with E-state index >= 15 is 0 Å². The van der Waals surface area contributed by atoms with Crippen LogP contribution in [0.25, 0.3) is 12.2 Å². The van der Waals surface area contributed by atoms with Crippen LogP contribution in [-0.4, -0.2) is 9.97 Å². The summed E-state index contributed by atoms with van der Waals surface area (Å²) in [5, 5.41) is 3.82. The molecule has 1 aromatic carbocycles. The summed E-state index contributed by atoms with van der Waals surface area (Å²) in [7, 11) is 0. The fourth-order valence-corrected chi connectivity index (χ4v) is 1.87. The summed E-state index contributed by atoms with van der Waals surface area (Å²) in [5.74, 6) is 1.31. The van der Waals surface area contributed by atoms with Crippen molar-refractivity contribution < 1.29 is 4.42 Å². The minimum absolute atomic E-state index is 0.527. The fraction of sp³-hybridized carbons (Fsp3) is 0. The van der Waals surface area contributed by atoms with Crippen LogP contribution in [0.5, 0.6) is 0 Å². The lowest BCUT2D eigenvalue weighted by Gasteiger charge is -2.04. The Labute approximate surface area is 127 Å². The Bertz CT molecular complexity index is 736. The van der Waals surface area contributed by atoms with E-state index < -0.39 is 0 Å². The average molecular weight is 298 g/mol. The van der Waals surface area contributed by atoms with E-state index in [4.69, 9.17) is 16.0 Å². The van der Waals surface area contributed by atoms with Gasteiger partial charge in [0.15, 0.2) is 0 Å². The molecule has 0 spiro atoms. The van der Waals surface area contributed by atoms with E-state index in [0.29, 0.717) is 11.0 Å². The van der Waals surface area contributed by atoms with E-state index in [-0.39, 0.29) is 0 Å². The van der Waals surface area contributed by atoms with Gasteiger partial charge in [-0.3, -0.25) is 0 Å². The monoisotopic (exact) mass is 297 g/mol. The molecule has 0 saturated heterocycles. The summed E-state index contributed by atoms with van der Waals surface area (Å²) in [4.78, 5) is 8.60. The van der Waals surface area contributed by atoms with Crippen molar-refractivity contribution in [2.75, 3.05) is 5.32 Å². The van der Waals surface area contributed by atoms with E-state index in [9.17, 15) is 0 Å². The van der Waals surface area contributed by atoms with Crippen molar-refractivity contribution in [1.82, 2.24) is 9.97 Å². The smallest absolute Gasteiger partial charge is 0.227 e. The average Bonchev–Trinajstić information content (AvgIpc) is 3.01. The second-order valence-corrected chi connectivity index (χ2v) is 4.72. The molecule has 0 aliphatic heterocycles. The minimum atomic E-state index is 0.527. The third-order valence-corrected chi connectivity index (χ3v) is 2.99. The van der Waals surface area contributed by atoms with Crippen molar-refractivity contribution in [2.45, 2.75) is 0 Å². The van der Waals surface area contributed by atoms with Crippen LogP contribution in [0, 0.1) is 0 Å². The highest BCUT2D eigenvalue weighted by molar-refractivity contribution is 6.30. The summed E-state index contributed by atoms with van der Waals surface area (Å²) in [6.07, 6.45) is 7.06. The number of anilines is 2. The topological polar surface area (TPSA) is 51.0 Å². The van der Waals surface area contributed by atoms with Crippen molar-refractivity contribution in [3.05, 3.63) is 71.4 Å². The van der Waals surface area contributed by atoms with E-state index in [1.54, 1.807) is 12.5 Å². The highest BCUT2D eigenvalue weighted by atomic mass is 35.5. The highest BCUT2D eigenvalue weighted by Crippen LogP contribution is 2.17. The van der Waals surface area contributed by atoms with Gasteiger partial charge < -0.3 is 9.73 Å². The lowest BCUT2D eigenvalue weighted by molar-refractivity contribution is 0.557. The Morgan fingerprint density at radius 3 is 2.67 bits per heavy atom. The second-order valence-electron chi connectivity index (χ2n) is 4.29. The molecule has 0 atom stereocenters. The molecule has 0 unspecified atom stereocenters. The van der Waals surface area contributed by atoms with Gasteiger partial charge in [-0.1, -0.05) is 11.6 Å². The Morgan fingerprint density at radius 2 is 1.90 bits per heavy atom. The minimum Gasteiger partial charge on any atom is -0.465 e. The molecule has 0 aliphatic rings. The van der Waals surface area contributed by atoms with Crippen molar-refractivity contribution in [1.29, 1.82) is 0 Å². The Hall–Kier alpha value is -2.59. The summed E-state index contributed by atoms with van der Waals surface area (Å²) in [6, 6.07) is 12.9. The summed E-state index contributed by atoms with van der Waals surface area (Å²) < 4.78 is 5.23. The lowest BCUT2D eigenvalue weighted by Crippen LogP contribution is -1.97. The molecular formula is C16H12ClN3O. The van der Waals surface area contributed by atoms with E-state index in [0.717, 1.165) is 17.1 Å². The molecule has 0 fully saturated rings. The van der Waals surface area contributed by atoms with Gasteiger partial charge in [0.2, 0.25) is 5.95 Å². The second kappa shape index (κ2) is 6.24. The fourth-order valence-electron chi connectivity index (χ4n) is 1.74. The van der Waals surface area contributed by atoms with E-state index in [1.807, 2.05) is 54.6 Å². The van der Waals surface area contributed by atoms with Crippen LogP contribution < -0.4 is 5.32 Å². The molecule has 0 amide bonds. The number of nitrogens with one attached hydrogen (secondary N) is 1. The van der Waals surface area contributed by atoms with Gasteiger partial charge in [-0.2, -0.15) is 0 Å². The standard InChI is InChI=1S/C16H12ClN3O/c17-12-3-5-13(6-4-12)19-16-18-10-9-14(20-16)7-8-15-2-1-11-21-15/h1-11H,(H,18,19,20)/b8-7+. The molecule has 0 aliphatic carbocycles.